The van der Waals surface area contributed by atoms with Gasteiger partial charge in [0.25, 0.3) is 5.91 Å². The predicted molar refractivity (Wildman–Crippen MR) is 144 cm³/mol. The van der Waals surface area contributed by atoms with Crippen molar-refractivity contribution in [3.05, 3.63) is 59.1 Å². The van der Waals surface area contributed by atoms with Crippen molar-refractivity contribution >= 4 is 40.7 Å². The molecule has 6 nitrogen and oxygen atoms in total. The molecule has 2 aliphatic rings. The van der Waals surface area contributed by atoms with Gasteiger partial charge in [0.05, 0.1) is 0 Å². The van der Waals surface area contributed by atoms with Crippen molar-refractivity contribution in [3.8, 4) is 0 Å². The molecule has 2 aromatic carbocycles. The number of anilines is 2. The Morgan fingerprint density at radius 3 is 2.17 bits per heavy atom. The Bertz CT molecular complexity index is 1060. The van der Waals surface area contributed by atoms with E-state index in [2.05, 4.69) is 10.6 Å². The zero-order chi connectivity index (χ0) is 25.5. The monoisotopic (exact) mass is 509 g/mol. The first-order valence-corrected chi connectivity index (χ1v) is 13.6. The van der Waals surface area contributed by atoms with Crippen molar-refractivity contribution in [2.24, 2.45) is 5.92 Å². The quantitative estimate of drug-likeness (QED) is 0.457. The van der Waals surface area contributed by atoms with E-state index in [0.717, 1.165) is 57.8 Å². The predicted octanol–water partition coefficient (Wildman–Crippen LogP) is 6.34. The summed E-state index contributed by atoms with van der Waals surface area (Å²) in [5.41, 5.74) is 1.65. The summed E-state index contributed by atoms with van der Waals surface area (Å²) >= 11 is 6.10. The number of nitrogens with zero attached hydrogens (tertiary/aromatic N) is 1. The first kappa shape index (κ1) is 26.2. The molecule has 0 aromatic heterocycles. The fourth-order valence-corrected chi connectivity index (χ4v) is 5.72. The molecule has 2 N–H and O–H groups in total. The summed E-state index contributed by atoms with van der Waals surface area (Å²) in [5, 5.41) is 6.66. The van der Waals surface area contributed by atoms with E-state index in [9.17, 15) is 14.4 Å². The third-order valence-corrected chi connectivity index (χ3v) is 7.60. The van der Waals surface area contributed by atoms with E-state index in [4.69, 9.17) is 11.6 Å². The number of rotatable bonds is 7. The highest BCUT2D eigenvalue weighted by molar-refractivity contribution is 6.30. The summed E-state index contributed by atoms with van der Waals surface area (Å²) in [6.07, 6.45) is 10.4. The van der Waals surface area contributed by atoms with Gasteiger partial charge in [-0.15, -0.1) is 0 Å². The van der Waals surface area contributed by atoms with Crippen LogP contribution in [0.2, 0.25) is 5.02 Å². The number of hydrogen-bond acceptors (Lipinski definition) is 3. The van der Waals surface area contributed by atoms with Gasteiger partial charge in [0.2, 0.25) is 11.8 Å². The summed E-state index contributed by atoms with van der Waals surface area (Å²) in [5.74, 6) is -0.466. The van der Waals surface area contributed by atoms with Crippen LogP contribution in [0, 0.1) is 5.92 Å². The zero-order valence-electron chi connectivity index (χ0n) is 21.0. The van der Waals surface area contributed by atoms with Crippen LogP contribution in [0.4, 0.5) is 11.4 Å². The topological polar surface area (TPSA) is 78.5 Å². The van der Waals surface area contributed by atoms with E-state index in [1.807, 2.05) is 6.07 Å². The van der Waals surface area contributed by atoms with Crippen LogP contribution >= 0.6 is 11.6 Å². The van der Waals surface area contributed by atoms with Gasteiger partial charge < -0.3 is 10.6 Å². The molecular weight excluding hydrogens is 474 g/mol. The van der Waals surface area contributed by atoms with Gasteiger partial charge in [-0.05, 0) is 74.1 Å². The van der Waals surface area contributed by atoms with Crippen LogP contribution < -0.4 is 15.5 Å². The molecular formula is C29H36ClN3O3. The Kier molecular flexibility index (Phi) is 9.03. The lowest BCUT2D eigenvalue weighted by Crippen LogP contribution is -2.56. The number of hydrogen-bond donors (Lipinski definition) is 2. The van der Waals surface area contributed by atoms with Gasteiger partial charge in [-0.2, -0.15) is 0 Å². The fourth-order valence-electron chi connectivity index (χ4n) is 5.60. The van der Waals surface area contributed by atoms with Crippen LogP contribution in [0.3, 0.4) is 0 Å². The maximum atomic E-state index is 14.1. The molecule has 0 aliphatic heterocycles. The third kappa shape index (κ3) is 6.67. The summed E-state index contributed by atoms with van der Waals surface area (Å²) < 4.78 is 0. The smallest absolute Gasteiger partial charge is 0.259 e. The molecule has 3 amide bonds. The fraction of sp³-hybridized carbons (Fsp3) is 0.483. The molecule has 2 fully saturated rings. The average Bonchev–Trinajstić information content (AvgIpc) is 2.88. The summed E-state index contributed by atoms with van der Waals surface area (Å²) in [7, 11) is 0. The van der Waals surface area contributed by atoms with Gasteiger partial charge in [-0.25, -0.2) is 0 Å². The third-order valence-electron chi connectivity index (χ3n) is 7.35. The molecule has 0 unspecified atom stereocenters. The first-order chi connectivity index (χ1) is 17.4. The van der Waals surface area contributed by atoms with Crippen LogP contribution in [-0.4, -0.2) is 29.8 Å². The van der Waals surface area contributed by atoms with Crippen molar-refractivity contribution in [2.75, 3.05) is 10.2 Å². The number of benzene rings is 2. The van der Waals surface area contributed by atoms with Crippen molar-refractivity contribution in [3.63, 3.8) is 0 Å². The second-order valence-corrected chi connectivity index (χ2v) is 10.5. The normalized spacial score (nSPS) is 17.7. The number of carbonyl (C=O) groups is 3. The standard InChI is InChI=1S/C29H36ClN3O3/c1-20(34)31-25-13-8-14-26(19-25)33(29(36)22-15-17-23(30)18-16-22)27(21-9-4-2-5-10-21)28(35)32-24-11-6-3-7-12-24/h8,13-19,21,24,27H,2-7,9-12H2,1H3,(H,31,34)(H,32,35)/t27-/m0/s1. The first-order valence-electron chi connectivity index (χ1n) is 13.2. The highest BCUT2D eigenvalue weighted by Crippen LogP contribution is 2.34. The SMILES string of the molecule is CC(=O)Nc1cccc(N(C(=O)c2ccc(Cl)cc2)[C@H](C(=O)NC2CCCCC2)C2CCCCC2)c1. The molecule has 36 heavy (non-hydrogen) atoms. The Hall–Kier alpha value is -2.86. The van der Waals surface area contributed by atoms with Crippen molar-refractivity contribution in [2.45, 2.75) is 83.2 Å². The van der Waals surface area contributed by atoms with Gasteiger partial charge in [0.1, 0.15) is 6.04 Å². The summed E-state index contributed by atoms with van der Waals surface area (Å²) in [6, 6.07) is 13.5. The van der Waals surface area contributed by atoms with E-state index in [-0.39, 0.29) is 29.7 Å². The molecule has 0 radical (unpaired) electrons. The molecule has 4 rings (SSSR count). The molecule has 0 bridgehead atoms. The second-order valence-electron chi connectivity index (χ2n) is 10.1. The number of halogens is 1. The molecule has 192 valence electrons. The van der Waals surface area contributed by atoms with Crippen molar-refractivity contribution in [1.29, 1.82) is 0 Å². The van der Waals surface area contributed by atoms with Crippen molar-refractivity contribution in [1.82, 2.24) is 5.32 Å². The van der Waals surface area contributed by atoms with E-state index in [1.54, 1.807) is 47.4 Å². The Balaban J connectivity index is 1.75. The number of carbonyl (C=O) groups excluding carboxylic acids is 3. The van der Waals surface area contributed by atoms with Gasteiger partial charge in [0.15, 0.2) is 0 Å². The minimum Gasteiger partial charge on any atom is -0.352 e. The molecule has 0 heterocycles. The number of amides is 3. The highest BCUT2D eigenvalue weighted by atomic mass is 35.5. The van der Waals surface area contributed by atoms with Crippen LogP contribution in [-0.2, 0) is 9.59 Å². The maximum absolute atomic E-state index is 14.1. The lowest BCUT2D eigenvalue weighted by atomic mass is 9.82. The molecule has 1 atom stereocenters. The average molecular weight is 510 g/mol. The van der Waals surface area contributed by atoms with Crippen LogP contribution in [0.15, 0.2) is 48.5 Å². The van der Waals surface area contributed by atoms with Gasteiger partial charge in [-0.1, -0.05) is 56.2 Å². The van der Waals surface area contributed by atoms with E-state index >= 15 is 0 Å². The lowest BCUT2D eigenvalue weighted by molar-refractivity contribution is -0.124. The van der Waals surface area contributed by atoms with Gasteiger partial charge in [0, 0.05) is 34.9 Å². The molecule has 0 spiro atoms. The minimum atomic E-state index is -0.636. The molecule has 2 aromatic rings. The van der Waals surface area contributed by atoms with E-state index in [1.165, 1.54) is 13.3 Å². The largest absolute Gasteiger partial charge is 0.352 e. The summed E-state index contributed by atoms with van der Waals surface area (Å²) in [4.78, 5) is 41.4. The Morgan fingerprint density at radius 2 is 1.53 bits per heavy atom. The van der Waals surface area contributed by atoms with Crippen LogP contribution in [0.1, 0.15) is 81.5 Å². The second kappa shape index (κ2) is 12.4. The zero-order valence-corrected chi connectivity index (χ0v) is 21.7. The molecule has 0 saturated heterocycles. The Morgan fingerprint density at radius 1 is 0.889 bits per heavy atom. The minimum absolute atomic E-state index is 0.0583. The van der Waals surface area contributed by atoms with E-state index in [0.29, 0.717) is 22.0 Å². The van der Waals surface area contributed by atoms with Crippen LogP contribution in [0.5, 0.6) is 0 Å². The molecule has 7 heteroatoms. The summed E-state index contributed by atoms with van der Waals surface area (Å²) in [6.45, 7) is 1.45. The van der Waals surface area contributed by atoms with Gasteiger partial charge in [-0.3, -0.25) is 19.3 Å². The van der Waals surface area contributed by atoms with Crippen molar-refractivity contribution < 1.29 is 14.4 Å². The molecule has 2 saturated carbocycles. The lowest BCUT2D eigenvalue weighted by Gasteiger charge is -2.39. The van der Waals surface area contributed by atoms with Crippen LogP contribution in [0.25, 0.3) is 0 Å². The highest BCUT2D eigenvalue weighted by Gasteiger charge is 2.39. The van der Waals surface area contributed by atoms with Gasteiger partial charge >= 0.3 is 0 Å². The molecule has 2 aliphatic carbocycles. The van der Waals surface area contributed by atoms with E-state index < -0.39 is 6.04 Å². The number of nitrogens with one attached hydrogen (secondary N) is 2. The Labute approximate surface area is 218 Å². The maximum Gasteiger partial charge on any atom is 0.259 e.